The minimum atomic E-state index is -0.0338. The fraction of sp³-hybridized carbons (Fsp3) is 0.200. The van der Waals surface area contributed by atoms with Crippen LogP contribution in [0, 0.1) is 0 Å². The van der Waals surface area contributed by atoms with Crippen molar-refractivity contribution in [2.45, 2.75) is 6.54 Å². The monoisotopic (exact) mass is 305 g/mol. The lowest BCUT2D eigenvalue weighted by Crippen LogP contribution is -2.19. The Bertz CT molecular complexity index is 806. The lowest BCUT2D eigenvalue weighted by molar-refractivity contribution is 0.414. The third kappa shape index (κ3) is 2.78. The number of benzene rings is 1. The number of aryl methyl sites for hydroxylation is 1. The van der Waals surface area contributed by atoms with Crippen molar-refractivity contribution >= 4 is 23.3 Å². The minimum absolute atomic E-state index is 0. The van der Waals surface area contributed by atoms with E-state index < -0.39 is 0 Å². The number of methoxy groups -OCH3 is 1. The first kappa shape index (κ1) is 15.1. The molecule has 0 saturated carbocycles. The molecule has 0 bridgehead atoms. The number of pyridine rings is 1. The number of hydrogen-bond donors (Lipinski definition) is 0. The third-order valence-electron chi connectivity index (χ3n) is 3.36. The Morgan fingerprint density at radius 2 is 1.90 bits per heavy atom. The summed E-state index contributed by atoms with van der Waals surface area (Å²) in [6.45, 7) is 0.562. The van der Waals surface area contributed by atoms with Gasteiger partial charge in [-0.25, -0.2) is 0 Å². The second-order valence-corrected chi connectivity index (χ2v) is 4.69. The molecule has 6 heteroatoms. The Labute approximate surface area is 128 Å². The lowest BCUT2D eigenvalue weighted by Gasteiger charge is -2.05. The molecule has 110 valence electrons. The van der Waals surface area contributed by atoms with Gasteiger partial charge in [-0.1, -0.05) is 12.1 Å². The summed E-state index contributed by atoms with van der Waals surface area (Å²) < 4.78 is 8.43. The summed E-state index contributed by atoms with van der Waals surface area (Å²) in [6.07, 6.45) is 3.48. The molecule has 3 rings (SSSR count). The summed E-state index contributed by atoms with van der Waals surface area (Å²) in [7, 11) is 3.38. The van der Waals surface area contributed by atoms with Crippen molar-refractivity contribution in [1.82, 2.24) is 14.3 Å². The molecule has 2 aromatic heterocycles. The van der Waals surface area contributed by atoms with Gasteiger partial charge < -0.3 is 9.30 Å². The lowest BCUT2D eigenvalue weighted by atomic mass is 10.2. The van der Waals surface area contributed by atoms with Crippen molar-refractivity contribution in [2.75, 3.05) is 7.11 Å². The highest BCUT2D eigenvalue weighted by Gasteiger charge is 2.08. The molecule has 0 unspecified atom stereocenters. The van der Waals surface area contributed by atoms with Crippen LogP contribution in [0.15, 0.2) is 47.5 Å². The topological polar surface area (TPSA) is 49.0 Å². The molecule has 0 fully saturated rings. The average molecular weight is 306 g/mol. The summed E-state index contributed by atoms with van der Waals surface area (Å²) in [6, 6.07) is 9.64. The molecule has 0 aliphatic heterocycles. The standard InChI is InChI=1S/C15H15N3O2.ClH/c1-17-8-7-12-9-16-18(14(12)15(17)19)10-11-3-5-13(20-2)6-4-11;/h3-9H,10H2,1-2H3;1H. The fourth-order valence-corrected chi connectivity index (χ4v) is 2.21. The van der Waals surface area contributed by atoms with E-state index in [9.17, 15) is 4.79 Å². The van der Waals surface area contributed by atoms with Gasteiger partial charge in [0.25, 0.3) is 5.56 Å². The Kier molecular flexibility index (Phi) is 4.33. The molecule has 3 aromatic rings. The number of halogens is 1. The predicted octanol–water partition coefficient (Wildman–Crippen LogP) is 2.21. The van der Waals surface area contributed by atoms with Crippen LogP contribution in [0.5, 0.6) is 5.75 Å². The van der Waals surface area contributed by atoms with Crippen LogP contribution in [0.1, 0.15) is 5.56 Å². The molecule has 1 aromatic carbocycles. The first-order valence-electron chi connectivity index (χ1n) is 6.33. The number of ether oxygens (including phenoxy) is 1. The summed E-state index contributed by atoms with van der Waals surface area (Å²) in [5.74, 6) is 0.815. The molecule has 0 spiro atoms. The highest BCUT2D eigenvalue weighted by atomic mass is 35.5. The molecule has 0 saturated heterocycles. The Morgan fingerprint density at radius 3 is 2.57 bits per heavy atom. The molecule has 0 amide bonds. The van der Waals surface area contributed by atoms with Gasteiger partial charge in [0.1, 0.15) is 11.3 Å². The minimum Gasteiger partial charge on any atom is -0.497 e. The summed E-state index contributed by atoms with van der Waals surface area (Å²) >= 11 is 0. The van der Waals surface area contributed by atoms with Gasteiger partial charge in [-0.2, -0.15) is 5.10 Å². The summed E-state index contributed by atoms with van der Waals surface area (Å²) in [5, 5.41) is 5.17. The SMILES string of the molecule is COc1ccc(Cn2ncc3ccn(C)c(=O)c32)cc1.Cl. The van der Waals surface area contributed by atoms with Gasteiger partial charge in [0.2, 0.25) is 0 Å². The number of nitrogens with zero attached hydrogens (tertiary/aromatic N) is 3. The van der Waals surface area contributed by atoms with Gasteiger partial charge in [-0.05, 0) is 23.8 Å². The normalized spacial score (nSPS) is 10.4. The van der Waals surface area contributed by atoms with Crippen LogP contribution < -0.4 is 10.3 Å². The Morgan fingerprint density at radius 1 is 1.19 bits per heavy atom. The van der Waals surface area contributed by atoms with Crippen LogP contribution in [0.3, 0.4) is 0 Å². The maximum atomic E-state index is 12.2. The van der Waals surface area contributed by atoms with E-state index in [1.807, 2.05) is 30.3 Å². The third-order valence-corrected chi connectivity index (χ3v) is 3.36. The van der Waals surface area contributed by atoms with Crippen molar-refractivity contribution in [1.29, 1.82) is 0 Å². The fourth-order valence-electron chi connectivity index (χ4n) is 2.21. The summed E-state index contributed by atoms with van der Waals surface area (Å²) in [5.41, 5.74) is 1.67. The zero-order valence-electron chi connectivity index (χ0n) is 11.8. The van der Waals surface area contributed by atoms with Crippen molar-refractivity contribution < 1.29 is 4.74 Å². The number of fused-ring (bicyclic) bond motifs is 1. The zero-order valence-corrected chi connectivity index (χ0v) is 12.6. The molecule has 0 aliphatic carbocycles. The van der Waals surface area contributed by atoms with E-state index >= 15 is 0 Å². The molecule has 5 nitrogen and oxygen atoms in total. The van der Waals surface area contributed by atoms with E-state index in [4.69, 9.17) is 4.74 Å². The van der Waals surface area contributed by atoms with Crippen LogP contribution in [0.2, 0.25) is 0 Å². The highest BCUT2D eigenvalue weighted by molar-refractivity contribution is 5.85. The second-order valence-electron chi connectivity index (χ2n) is 4.69. The number of rotatable bonds is 3. The van der Waals surface area contributed by atoms with Crippen LogP contribution >= 0.6 is 12.4 Å². The van der Waals surface area contributed by atoms with E-state index in [-0.39, 0.29) is 18.0 Å². The van der Waals surface area contributed by atoms with Gasteiger partial charge in [0.15, 0.2) is 0 Å². The maximum absolute atomic E-state index is 12.2. The molecular formula is C15H16ClN3O2. The molecule has 0 radical (unpaired) electrons. The van der Waals surface area contributed by atoms with E-state index in [1.54, 1.807) is 35.8 Å². The van der Waals surface area contributed by atoms with Crippen LogP contribution in [-0.4, -0.2) is 21.5 Å². The van der Waals surface area contributed by atoms with Crippen molar-refractivity contribution in [2.24, 2.45) is 7.05 Å². The van der Waals surface area contributed by atoms with Crippen LogP contribution in [-0.2, 0) is 13.6 Å². The Balaban J connectivity index is 0.00000161. The molecule has 21 heavy (non-hydrogen) atoms. The first-order chi connectivity index (χ1) is 9.69. The van der Waals surface area contributed by atoms with E-state index in [2.05, 4.69) is 5.10 Å². The first-order valence-corrected chi connectivity index (χ1v) is 6.33. The molecule has 0 aliphatic rings. The van der Waals surface area contributed by atoms with Crippen molar-refractivity contribution in [3.63, 3.8) is 0 Å². The van der Waals surface area contributed by atoms with Crippen molar-refractivity contribution in [3.05, 3.63) is 58.6 Å². The smallest absolute Gasteiger partial charge is 0.276 e. The van der Waals surface area contributed by atoms with Gasteiger partial charge >= 0.3 is 0 Å². The van der Waals surface area contributed by atoms with Crippen molar-refractivity contribution in [3.8, 4) is 5.75 Å². The van der Waals surface area contributed by atoms with E-state index in [1.165, 1.54) is 0 Å². The zero-order chi connectivity index (χ0) is 14.1. The largest absolute Gasteiger partial charge is 0.497 e. The maximum Gasteiger partial charge on any atom is 0.276 e. The van der Waals surface area contributed by atoms with Gasteiger partial charge in [0.05, 0.1) is 19.9 Å². The second kappa shape index (κ2) is 6.01. The highest BCUT2D eigenvalue weighted by Crippen LogP contribution is 2.14. The van der Waals surface area contributed by atoms with Gasteiger partial charge in [-0.3, -0.25) is 9.48 Å². The molecule has 2 heterocycles. The van der Waals surface area contributed by atoms with E-state index in [0.717, 1.165) is 16.7 Å². The van der Waals surface area contributed by atoms with Gasteiger partial charge in [0, 0.05) is 18.6 Å². The quantitative estimate of drug-likeness (QED) is 0.745. The predicted molar refractivity (Wildman–Crippen MR) is 84.3 cm³/mol. The number of hydrogen-bond acceptors (Lipinski definition) is 3. The van der Waals surface area contributed by atoms with Gasteiger partial charge in [-0.15, -0.1) is 12.4 Å². The van der Waals surface area contributed by atoms with E-state index in [0.29, 0.717) is 12.1 Å². The molecular weight excluding hydrogens is 290 g/mol. The summed E-state index contributed by atoms with van der Waals surface area (Å²) in [4.78, 5) is 12.2. The number of aromatic nitrogens is 3. The average Bonchev–Trinajstić information content (AvgIpc) is 2.87. The Hall–Kier alpha value is -2.27. The van der Waals surface area contributed by atoms with Crippen LogP contribution in [0.25, 0.3) is 10.9 Å². The molecule has 0 N–H and O–H groups in total. The van der Waals surface area contributed by atoms with Crippen LogP contribution in [0.4, 0.5) is 0 Å². The molecule has 0 atom stereocenters.